The molecular weight excluding hydrogens is 690 g/mol. The Hall–Kier alpha value is -3.55. The van der Waals surface area contributed by atoms with Gasteiger partial charge in [0, 0.05) is 34.2 Å². The van der Waals surface area contributed by atoms with Gasteiger partial charge in [0.1, 0.15) is 12.1 Å². The van der Waals surface area contributed by atoms with Crippen LogP contribution in [0.5, 0.6) is 0 Å². The van der Waals surface area contributed by atoms with Crippen LogP contribution in [0.3, 0.4) is 0 Å². The van der Waals surface area contributed by atoms with Crippen molar-refractivity contribution < 1.29 is 38.6 Å². The first-order valence-electron chi connectivity index (χ1n) is 19.6. The Bertz CT molecular complexity index is 1360. The minimum Gasteiger partial charge on any atom is -0.480 e. The molecule has 306 valence electrons. The second kappa shape index (κ2) is 22.1. The number of carbonyl (C=O) groups excluding carboxylic acids is 4. The number of nitrogens with zero attached hydrogens (tertiary/aromatic N) is 3. The van der Waals surface area contributed by atoms with Gasteiger partial charge in [-0.15, -0.1) is 0 Å². The molecule has 2 rings (SSSR count). The van der Waals surface area contributed by atoms with E-state index in [1.807, 2.05) is 90.7 Å². The van der Waals surface area contributed by atoms with Crippen LogP contribution in [-0.4, -0.2) is 133 Å². The lowest BCUT2D eigenvalue weighted by molar-refractivity contribution is -0.148. The number of carboxylic acids is 1. The van der Waals surface area contributed by atoms with Crippen molar-refractivity contribution >= 4 is 29.6 Å². The standard InChI is InChI=1S/C41H69N5O8/c1-13-27(7)36(45(10)40(50)34(25(3)4)43-39(49)35(26(5)6)44(9)14-2)32(53-11)24-33(47)46-22-18-21-31(46)37(54-12)28(8)38(48)42-30(41(51)52)23-29-19-16-15-17-20-29/h15-17,19-20,25-28,30-32,34-37H,13-14,18,21-24H2,1-12H3,(H,42,48)(H,43,49)(H,51,52)/t27-,28+,30-,31-,32+,34-,35?,36?,37+/m0/s1. The van der Waals surface area contributed by atoms with E-state index >= 15 is 0 Å². The van der Waals surface area contributed by atoms with E-state index in [0.717, 1.165) is 12.0 Å². The van der Waals surface area contributed by atoms with E-state index in [1.54, 1.807) is 30.9 Å². The zero-order valence-corrected chi connectivity index (χ0v) is 34.8. The number of likely N-dealkylation sites (tertiary alicyclic amines) is 1. The van der Waals surface area contributed by atoms with Crippen molar-refractivity contribution in [1.82, 2.24) is 25.3 Å². The fraction of sp³-hybridized carbons (Fsp3) is 0.732. The molecule has 1 aliphatic rings. The number of rotatable bonds is 22. The highest BCUT2D eigenvalue weighted by Crippen LogP contribution is 2.30. The highest BCUT2D eigenvalue weighted by atomic mass is 16.5. The van der Waals surface area contributed by atoms with Gasteiger partial charge in [0.2, 0.25) is 23.6 Å². The first-order chi connectivity index (χ1) is 25.4. The van der Waals surface area contributed by atoms with Gasteiger partial charge in [0.05, 0.1) is 42.7 Å². The molecule has 1 saturated heterocycles. The summed E-state index contributed by atoms with van der Waals surface area (Å²) in [5.41, 5.74) is 0.786. The fourth-order valence-electron chi connectivity index (χ4n) is 7.84. The SMILES string of the molecule is CC[C@H](C)C([C@@H](CC(=O)N1CCC[C@H]1[C@H](OC)[C@@H](C)C(=O)N[C@@H](Cc1ccccc1)C(=O)O)OC)N(C)C(=O)[C@@H](NC(=O)C(C(C)C)N(C)CC)C(C)C. The van der Waals surface area contributed by atoms with E-state index in [2.05, 4.69) is 10.6 Å². The molecule has 9 atom stereocenters. The van der Waals surface area contributed by atoms with Crippen LogP contribution in [0.15, 0.2) is 30.3 Å². The van der Waals surface area contributed by atoms with Crippen molar-refractivity contribution in [2.75, 3.05) is 41.4 Å². The van der Waals surface area contributed by atoms with E-state index in [4.69, 9.17) is 9.47 Å². The van der Waals surface area contributed by atoms with Crippen molar-refractivity contribution in [3.05, 3.63) is 35.9 Å². The third-order valence-corrected chi connectivity index (χ3v) is 11.3. The fourth-order valence-corrected chi connectivity index (χ4v) is 7.84. The van der Waals surface area contributed by atoms with Crippen LogP contribution in [0, 0.1) is 23.7 Å². The van der Waals surface area contributed by atoms with Gasteiger partial charge in [-0.3, -0.25) is 24.1 Å². The molecule has 0 spiro atoms. The van der Waals surface area contributed by atoms with E-state index in [1.165, 1.54) is 7.11 Å². The summed E-state index contributed by atoms with van der Waals surface area (Å²) in [4.78, 5) is 73.0. The van der Waals surface area contributed by atoms with Crippen molar-refractivity contribution in [1.29, 1.82) is 0 Å². The first kappa shape index (κ1) is 46.6. The molecule has 1 fully saturated rings. The second-order valence-corrected chi connectivity index (χ2v) is 15.7. The molecule has 13 nitrogen and oxygen atoms in total. The molecule has 0 aliphatic carbocycles. The molecule has 0 bridgehead atoms. The summed E-state index contributed by atoms with van der Waals surface area (Å²) in [6, 6.07) is 5.91. The summed E-state index contributed by atoms with van der Waals surface area (Å²) < 4.78 is 11.9. The van der Waals surface area contributed by atoms with Gasteiger partial charge < -0.3 is 35.0 Å². The van der Waals surface area contributed by atoms with Crippen LogP contribution in [0.25, 0.3) is 0 Å². The predicted octanol–water partition coefficient (Wildman–Crippen LogP) is 3.84. The Balaban J connectivity index is 2.28. The smallest absolute Gasteiger partial charge is 0.326 e. The highest BCUT2D eigenvalue weighted by molar-refractivity contribution is 5.90. The van der Waals surface area contributed by atoms with Crippen LogP contribution < -0.4 is 10.6 Å². The van der Waals surface area contributed by atoms with Gasteiger partial charge >= 0.3 is 5.97 Å². The third-order valence-electron chi connectivity index (χ3n) is 11.3. The molecule has 0 radical (unpaired) electrons. The maximum atomic E-state index is 14.3. The van der Waals surface area contributed by atoms with Gasteiger partial charge in [-0.2, -0.15) is 0 Å². The quantitative estimate of drug-likeness (QED) is 0.160. The molecule has 54 heavy (non-hydrogen) atoms. The van der Waals surface area contributed by atoms with Crippen molar-refractivity contribution in [3.8, 4) is 0 Å². The molecule has 2 unspecified atom stereocenters. The maximum Gasteiger partial charge on any atom is 0.326 e. The second-order valence-electron chi connectivity index (χ2n) is 15.7. The average molecular weight is 760 g/mol. The Labute approximate surface area is 323 Å². The van der Waals surface area contributed by atoms with Crippen LogP contribution in [0.2, 0.25) is 0 Å². The van der Waals surface area contributed by atoms with Gasteiger partial charge in [0.15, 0.2) is 0 Å². The Kier molecular flexibility index (Phi) is 19.1. The topological polar surface area (TPSA) is 158 Å². The highest BCUT2D eigenvalue weighted by Gasteiger charge is 2.43. The largest absolute Gasteiger partial charge is 0.480 e. The van der Waals surface area contributed by atoms with Gasteiger partial charge in [-0.25, -0.2) is 4.79 Å². The van der Waals surface area contributed by atoms with Crippen molar-refractivity contribution in [3.63, 3.8) is 0 Å². The summed E-state index contributed by atoms with van der Waals surface area (Å²) in [5.74, 6) is -3.18. The molecule has 1 heterocycles. The lowest BCUT2D eigenvalue weighted by Gasteiger charge is -2.41. The van der Waals surface area contributed by atoms with Crippen LogP contribution in [-0.2, 0) is 39.9 Å². The van der Waals surface area contributed by atoms with Crippen LogP contribution in [0.1, 0.15) is 86.6 Å². The Morgan fingerprint density at radius 3 is 2.04 bits per heavy atom. The Morgan fingerprint density at radius 1 is 0.907 bits per heavy atom. The number of hydrogen-bond acceptors (Lipinski definition) is 8. The number of benzene rings is 1. The maximum absolute atomic E-state index is 14.3. The molecule has 0 saturated carbocycles. The zero-order chi connectivity index (χ0) is 40.9. The van der Waals surface area contributed by atoms with E-state index in [9.17, 15) is 29.1 Å². The summed E-state index contributed by atoms with van der Waals surface area (Å²) in [5, 5.41) is 15.6. The summed E-state index contributed by atoms with van der Waals surface area (Å²) in [7, 11) is 6.66. The lowest BCUT2D eigenvalue weighted by atomic mass is 9.89. The van der Waals surface area contributed by atoms with Crippen LogP contribution in [0.4, 0.5) is 0 Å². The Morgan fingerprint density at radius 2 is 1.54 bits per heavy atom. The molecule has 3 N–H and O–H groups in total. The minimum atomic E-state index is -1.14. The molecule has 13 heteroatoms. The van der Waals surface area contributed by atoms with Crippen LogP contribution >= 0.6 is 0 Å². The number of amides is 4. The van der Waals surface area contributed by atoms with Crippen molar-refractivity contribution in [2.24, 2.45) is 23.7 Å². The van der Waals surface area contributed by atoms with E-state index in [0.29, 0.717) is 25.9 Å². The molecule has 0 aromatic heterocycles. The number of aliphatic carboxylic acids is 1. The number of ether oxygens (including phenoxy) is 2. The number of nitrogens with one attached hydrogen (secondary N) is 2. The monoisotopic (exact) mass is 760 g/mol. The van der Waals surface area contributed by atoms with Gasteiger partial charge in [-0.1, -0.05) is 92.1 Å². The van der Waals surface area contributed by atoms with Gasteiger partial charge in [0.25, 0.3) is 0 Å². The summed E-state index contributed by atoms with van der Waals surface area (Å²) in [6.07, 6.45) is 0.821. The minimum absolute atomic E-state index is 0.00970. The number of carboxylic acid groups (broad SMARTS) is 1. The first-order valence-corrected chi connectivity index (χ1v) is 19.6. The number of hydrogen-bond donors (Lipinski definition) is 3. The zero-order valence-electron chi connectivity index (χ0n) is 34.8. The lowest BCUT2D eigenvalue weighted by Crippen LogP contribution is -2.60. The molecule has 1 aromatic rings. The molecular formula is C41H69N5O8. The third kappa shape index (κ3) is 12.2. The summed E-state index contributed by atoms with van der Waals surface area (Å²) >= 11 is 0. The predicted molar refractivity (Wildman–Crippen MR) is 210 cm³/mol. The van der Waals surface area contributed by atoms with E-state index in [-0.39, 0.29) is 48.3 Å². The normalized spacial score (nSPS) is 19.1. The molecule has 1 aromatic carbocycles. The number of likely N-dealkylation sites (N-methyl/N-ethyl adjacent to an activating group) is 2. The number of methoxy groups -OCH3 is 2. The summed E-state index contributed by atoms with van der Waals surface area (Å²) in [6.45, 7) is 16.7. The average Bonchev–Trinajstić information content (AvgIpc) is 3.62. The van der Waals surface area contributed by atoms with E-state index < -0.39 is 60.2 Å². The van der Waals surface area contributed by atoms with Gasteiger partial charge in [-0.05, 0) is 49.8 Å². The molecule has 1 aliphatic heterocycles. The van der Waals surface area contributed by atoms with Crippen molar-refractivity contribution in [2.45, 2.75) is 130 Å². The molecule has 4 amide bonds. The number of carbonyl (C=O) groups is 5.